The van der Waals surface area contributed by atoms with Crippen LogP contribution in [0.5, 0.6) is 0 Å². The molecule has 3 rings (SSSR count). The van der Waals surface area contributed by atoms with E-state index < -0.39 is 0 Å². The largest absolute Gasteiger partial charge is 0.332 e. The third-order valence-corrected chi connectivity index (χ3v) is 5.23. The third kappa shape index (κ3) is 4.72. The van der Waals surface area contributed by atoms with Crippen LogP contribution in [0.1, 0.15) is 17.0 Å². The van der Waals surface area contributed by atoms with Gasteiger partial charge >= 0.3 is 0 Å². The number of benzene rings is 2. The van der Waals surface area contributed by atoms with Crippen LogP contribution in [0.15, 0.2) is 57.5 Å². The molecule has 0 bridgehead atoms. The molecule has 7 heteroatoms. The first-order valence-corrected chi connectivity index (χ1v) is 10.0. The van der Waals surface area contributed by atoms with Gasteiger partial charge in [0, 0.05) is 14.6 Å². The quantitative estimate of drug-likeness (QED) is 0.445. The number of rotatable bonds is 4. The molecule has 26 heavy (non-hydrogen) atoms. The van der Waals surface area contributed by atoms with E-state index in [0.29, 0.717) is 11.7 Å². The van der Waals surface area contributed by atoms with E-state index >= 15 is 0 Å². The minimum atomic E-state index is 0.543. The number of anilines is 2. The van der Waals surface area contributed by atoms with Crippen molar-refractivity contribution in [1.82, 2.24) is 9.78 Å². The van der Waals surface area contributed by atoms with Crippen molar-refractivity contribution in [2.45, 2.75) is 20.4 Å². The molecule has 0 atom stereocenters. The van der Waals surface area contributed by atoms with Crippen molar-refractivity contribution in [3.05, 3.63) is 74.4 Å². The van der Waals surface area contributed by atoms with E-state index in [1.165, 1.54) is 5.56 Å². The molecule has 0 saturated heterocycles. The number of nitrogens with one attached hydrogen (secondary N) is 2. The number of thiocarbonyl (C=S) groups is 1. The first-order valence-electron chi connectivity index (χ1n) is 8.04. The highest BCUT2D eigenvalue weighted by Crippen LogP contribution is 2.22. The van der Waals surface area contributed by atoms with Gasteiger partial charge in [-0.25, -0.2) is 0 Å². The van der Waals surface area contributed by atoms with Gasteiger partial charge in [-0.2, -0.15) is 5.10 Å². The zero-order valence-electron chi connectivity index (χ0n) is 14.4. The lowest BCUT2D eigenvalue weighted by atomic mass is 10.2. The van der Waals surface area contributed by atoms with E-state index in [4.69, 9.17) is 12.2 Å². The van der Waals surface area contributed by atoms with Crippen LogP contribution in [-0.4, -0.2) is 14.9 Å². The lowest BCUT2D eigenvalue weighted by Crippen LogP contribution is -2.19. The fourth-order valence-corrected chi connectivity index (χ4v) is 3.35. The molecule has 0 aliphatic carbocycles. The monoisotopic (exact) mass is 492 g/mol. The molecule has 4 nitrogen and oxygen atoms in total. The second kappa shape index (κ2) is 8.33. The molecule has 1 heterocycles. The van der Waals surface area contributed by atoms with Gasteiger partial charge in [0.05, 0.1) is 23.6 Å². The number of aromatic nitrogens is 2. The van der Waals surface area contributed by atoms with E-state index in [-0.39, 0.29) is 0 Å². The van der Waals surface area contributed by atoms with E-state index in [2.05, 4.69) is 59.7 Å². The summed E-state index contributed by atoms with van der Waals surface area (Å²) < 4.78 is 4.09. The summed E-state index contributed by atoms with van der Waals surface area (Å²) >= 11 is 12.3. The Morgan fingerprint density at radius 1 is 0.962 bits per heavy atom. The normalized spacial score (nSPS) is 10.6. The van der Waals surface area contributed by atoms with Gasteiger partial charge in [-0.3, -0.25) is 4.68 Å². The molecule has 0 fully saturated rings. The molecule has 2 aromatic carbocycles. The van der Waals surface area contributed by atoms with Gasteiger partial charge in [-0.05, 0) is 68.0 Å². The molecule has 0 saturated carbocycles. The van der Waals surface area contributed by atoms with Gasteiger partial charge in [0.2, 0.25) is 0 Å². The Balaban J connectivity index is 1.71. The Morgan fingerprint density at radius 3 is 2.15 bits per heavy atom. The smallest absolute Gasteiger partial charge is 0.175 e. The summed E-state index contributed by atoms with van der Waals surface area (Å²) in [5, 5.41) is 11.7. The summed E-state index contributed by atoms with van der Waals surface area (Å²) in [7, 11) is 0. The fraction of sp³-hybridized carbons (Fsp3) is 0.158. The highest BCUT2D eigenvalue weighted by atomic mass is 79.9. The van der Waals surface area contributed by atoms with Crippen LogP contribution in [0.25, 0.3) is 0 Å². The van der Waals surface area contributed by atoms with Gasteiger partial charge in [-0.15, -0.1) is 0 Å². The number of hydrogen-bond acceptors (Lipinski definition) is 2. The lowest BCUT2D eigenvalue weighted by Gasteiger charge is -2.11. The standard InChI is InChI=1S/C19H18Br2N4S/c1-12-18(23-19(26)22-17-9-7-16(21)8-10-17)13(2)25(24-12)11-14-3-5-15(20)6-4-14/h3-10H,11H2,1-2H3,(H2,22,23,26). The van der Waals surface area contributed by atoms with Crippen LogP contribution in [-0.2, 0) is 6.54 Å². The topological polar surface area (TPSA) is 41.9 Å². The summed E-state index contributed by atoms with van der Waals surface area (Å²) in [5.74, 6) is 0. The second-order valence-corrected chi connectivity index (χ2v) is 8.16. The van der Waals surface area contributed by atoms with Crippen molar-refractivity contribution in [3.8, 4) is 0 Å². The Kier molecular flexibility index (Phi) is 6.11. The van der Waals surface area contributed by atoms with E-state index in [9.17, 15) is 0 Å². The fourth-order valence-electron chi connectivity index (χ4n) is 2.60. The number of hydrogen-bond donors (Lipinski definition) is 2. The second-order valence-electron chi connectivity index (χ2n) is 5.92. The molecule has 2 N–H and O–H groups in total. The van der Waals surface area contributed by atoms with Crippen molar-refractivity contribution >= 4 is 60.6 Å². The van der Waals surface area contributed by atoms with Crippen molar-refractivity contribution in [1.29, 1.82) is 0 Å². The highest BCUT2D eigenvalue weighted by molar-refractivity contribution is 9.10. The Bertz CT molecular complexity index is 918. The molecule has 134 valence electrons. The molecule has 0 unspecified atom stereocenters. The maximum Gasteiger partial charge on any atom is 0.175 e. The molecule has 0 amide bonds. The van der Waals surface area contributed by atoms with Gasteiger partial charge < -0.3 is 10.6 Å². The number of aryl methyl sites for hydroxylation is 1. The summed E-state index contributed by atoms with van der Waals surface area (Å²) in [5.41, 5.74) is 5.03. The molecular weight excluding hydrogens is 476 g/mol. The average molecular weight is 494 g/mol. The molecule has 0 spiro atoms. The van der Waals surface area contributed by atoms with E-state index in [1.54, 1.807) is 0 Å². The van der Waals surface area contributed by atoms with Crippen molar-refractivity contribution in [2.75, 3.05) is 10.6 Å². The lowest BCUT2D eigenvalue weighted by molar-refractivity contribution is 0.659. The SMILES string of the molecule is Cc1nn(Cc2ccc(Br)cc2)c(C)c1NC(=S)Nc1ccc(Br)cc1. The van der Waals surface area contributed by atoms with Gasteiger partial charge in [0.15, 0.2) is 5.11 Å². The van der Waals surface area contributed by atoms with Gasteiger partial charge in [0.25, 0.3) is 0 Å². The predicted octanol–water partition coefficient (Wildman–Crippen LogP) is 5.88. The predicted molar refractivity (Wildman–Crippen MR) is 119 cm³/mol. The first-order chi connectivity index (χ1) is 12.4. The molecule has 0 aliphatic heterocycles. The van der Waals surface area contributed by atoms with E-state index in [0.717, 1.165) is 31.7 Å². The Morgan fingerprint density at radius 2 is 1.54 bits per heavy atom. The summed E-state index contributed by atoms with van der Waals surface area (Å²) in [6, 6.07) is 16.1. The van der Waals surface area contributed by atoms with Crippen LogP contribution in [0.4, 0.5) is 11.4 Å². The van der Waals surface area contributed by atoms with Crippen LogP contribution in [0.3, 0.4) is 0 Å². The van der Waals surface area contributed by atoms with Crippen LogP contribution in [0.2, 0.25) is 0 Å². The van der Waals surface area contributed by atoms with E-state index in [1.807, 2.05) is 54.9 Å². The Hall–Kier alpha value is -1.70. The summed E-state index contributed by atoms with van der Waals surface area (Å²) in [6.45, 7) is 4.74. The minimum absolute atomic E-state index is 0.543. The molecular formula is C19H18Br2N4S. The van der Waals surface area contributed by atoms with Gasteiger partial charge in [-0.1, -0.05) is 44.0 Å². The van der Waals surface area contributed by atoms with Gasteiger partial charge in [0.1, 0.15) is 0 Å². The zero-order valence-corrected chi connectivity index (χ0v) is 18.4. The highest BCUT2D eigenvalue weighted by Gasteiger charge is 2.13. The molecule has 0 radical (unpaired) electrons. The van der Waals surface area contributed by atoms with Crippen molar-refractivity contribution in [3.63, 3.8) is 0 Å². The average Bonchev–Trinajstić information content (AvgIpc) is 2.86. The van der Waals surface area contributed by atoms with Crippen molar-refractivity contribution in [2.24, 2.45) is 0 Å². The minimum Gasteiger partial charge on any atom is -0.332 e. The zero-order chi connectivity index (χ0) is 18.7. The third-order valence-electron chi connectivity index (χ3n) is 3.97. The number of halogens is 2. The molecule has 1 aromatic heterocycles. The molecule has 3 aromatic rings. The van der Waals surface area contributed by atoms with Crippen LogP contribution >= 0.6 is 44.1 Å². The maximum atomic E-state index is 5.45. The van der Waals surface area contributed by atoms with Crippen LogP contribution in [0, 0.1) is 13.8 Å². The number of nitrogens with zero attached hydrogens (tertiary/aromatic N) is 2. The van der Waals surface area contributed by atoms with Crippen LogP contribution < -0.4 is 10.6 Å². The summed E-state index contributed by atoms with van der Waals surface area (Å²) in [4.78, 5) is 0. The Labute approximate surface area is 175 Å². The van der Waals surface area contributed by atoms with Crippen molar-refractivity contribution < 1.29 is 0 Å². The molecule has 0 aliphatic rings. The summed E-state index contributed by atoms with van der Waals surface area (Å²) in [6.07, 6.45) is 0. The maximum absolute atomic E-state index is 5.45. The first kappa shape index (κ1) is 19.1.